The Kier molecular flexibility index (Phi) is 2.92. The molecule has 0 aromatic carbocycles. The van der Waals surface area contributed by atoms with E-state index in [0.717, 1.165) is 0 Å². The molecule has 8 nitrogen and oxygen atoms in total. The molecule has 0 radical (unpaired) electrons. The Morgan fingerprint density at radius 2 is 2.35 bits per heavy atom. The molecule has 0 amide bonds. The molecule has 2 aromatic heterocycles. The maximum atomic E-state index is 11.9. The zero-order chi connectivity index (χ0) is 14.3. The zero-order valence-corrected chi connectivity index (χ0v) is 11.0. The van der Waals surface area contributed by atoms with Gasteiger partial charge in [-0.3, -0.25) is 14.7 Å². The minimum atomic E-state index is -0.799. The van der Waals surface area contributed by atoms with Crippen molar-refractivity contribution in [3.63, 3.8) is 0 Å². The summed E-state index contributed by atoms with van der Waals surface area (Å²) in [5.41, 5.74) is 0.484. The third-order valence-corrected chi connectivity index (χ3v) is 3.57. The average molecular weight is 277 g/mol. The topological polar surface area (TPSA) is 104 Å². The van der Waals surface area contributed by atoms with Gasteiger partial charge in [0.05, 0.1) is 5.92 Å². The first-order valence-corrected chi connectivity index (χ1v) is 6.55. The van der Waals surface area contributed by atoms with Crippen LogP contribution >= 0.6 is 0 Å². The molecular formula is C12H15N5O3. The number of nitrogens with one attached hydrogen (secondary N) is 1. The van der Waals surface area contributed by atoms with E-state index in [9.17, 15) is 9.59 Å². The number of hydrogen-bond acceptors (Lipinski definition) is 5. The predicted octanol–water partition coefficient (Wildman–Crippen LogP) is -0.109. The van der Waals surface area contributed by atoms with Crippen LogP contribution in [0.25, 0.3) is 5.78 Å². The van der Waals surface area contributed by atoms with E-state index < -0.39 is 5.97 Å². The summed E-state index contributed by atoms with van der Waals surface area (Å²) in [6, 6.07) is 1.47. The second-order valence-corrected chi connectivity index (χ2v) is 4.89. The molecular weight excluding hydrogens is 262 g/mol. The second kappa shape index (κ2) is 4.62. The van der Waals surface area contributed by atoms with E-state index in [4.69, 9.17) is 5.11 Å². The number of hydrogen-bond donors (Lipinski definition) is 2. The number of anilines is 1. The average Bonchev–Trinajstić information content (AvgIpc) is 3.04. The van der Waals surface area contributed by atoms with Crippen molar-refractivity contribution in [1.82, 2.24) is 19.6 Å². The third-order valence-electron chi connectivity index (χ3n) is 3.57. The van der Waals surface area contributed by atoms with Crippen LogP contribution in [0.3, 0.4) is 0 Å². The highest BCUT2D eigenvalue weighted by Gasteiger charge is 2.29. The fraction of sp³-hybridized carbons (Fsp3) is 0.500. The van der Waals surface area contributed by atoms with Crippen LogP contribution in [0.1, 0.15) is 19.0 Å². The highest BCUT2D eigenvalue weighted by Crippen LogP contribution is 2.21. The predicted molar refractivity (Wildman–Crippen MR) is 70.9 cm³/mol. The number of H-pyrrole nitrogens is 1. The first-order valence-electron chi connectivity index (χ1n) is 6.55. The number of carboxylic acid groups (broad SMARTS) is 1. The maximum Gasteiger partial charge on any atom is 0.308 e. The Morgan fingerprint density at radius 3 is 3.00 bits per heavy atom. The number of carbonyl (C=O) groups is 1. The molecule has 0 saturated carbocycles. The lowest BCUT2D eigenvalue weighted by Crippen LogP contribution is -2.24. The van der Waals surface area contributed by atoms with Gasteiger partial charge in [-0.1, -0.05) is 6.92 Å². The van der Waals surface area contributed by atoms with Gasteiger partial charge in [-0.15, -0.1) is 0 Å². The van der Waals surface area contributed by atoms with Crippen molar-refractivity contribution in [2.24, 2.45) is 5.92 Å². The van der Waals surface area contributed by atoms with Crippen molar-refractivity contribution >= 4 is 17.7 Å². The van der Waals surface area contributed by atoms with Gasteiger partial charge in [0, 0.05) is 24.8 Å². The molecule has 1 atom stereocenters. The highest BCUT2D eigenvalue weighted by molar-refractivity contribution is 5.71. The van der Waals surface area contributed by atoms with Gasteiger partial charge in [-0.25, -0.2) is 4.98 Å². The van der Waals surface area contributed by atoms with Gasteiger partial charge in [0.25, 0.3) is 11.3 Å². The summed E-state index contributed by atoms with van der Waals surface area (Å²) in [7, 11) is 0. The van der Waals surface area contributed by atoms with Crippen LogP contribution in [-0.4, -0.2) is 43.7 Å². The van der Waals surface area contributed by atoms with E-state index in [2.05, 4.69) is 15.1 Å². The molecule has 0 bridgehead atoms. The van der Waals surface area contributed by atoms with Gasteiger partial charge in [0.2, 0.25) is 5.95 Å². The molecule has 1 unspecified atom stereocenters. The minimum Gasteiger partial charge on any atom is -0.481 e. The fourth-order valence-electron chi connectivity index (χ4n) is 2.39. The number of aromatic nitrogens is 4. The van der Waals surface area contributed by atoms with Crippen LogP contribution in [-0.2, 0) is 11.2 Å². The van der Waals surface area contributed by atoms with Gasteiger partial charge >= 0.3 is 5.97 Å². The first kappa shape index (κ1) is 12.6. The van der Waals surface area contributed by atoms with Gasteiger partial charge in [-0.05, 0) is 12.8 Å². The molecule has 0 spiro atoms. The van der Waals surface area contributed by atoms with Crippen LogP contribution < -0.4 is 10.5 Å². The largest absolute Gasteiger partial charge is 0.481 e. The second-order valence-electron chi connectivity index (χ2n) is 4.89. The number of carboxylic acids is 1. The molecule has 3 heterocycles. The fourth-order valence-corrected chi connectivity index (χ4v) is 2.39. The first-order chi connectivity index (χ1) is 9.58. The summed E-state index contributed by atoms with van der Waals surface area (Å²) in [6.45, 7) is 2.92. The number of rotatable bonds is 3. The summed E-state index contributed by atoms with van der Waals surface area (Å²) in [5, 5.41) is 11.9. The smallest absolute Gasteiger partial charge is 0.308 e. The van der Waals surface area contributed by atoms with Gasteiger partial charge < -0.3 is 10.0 Å². The molecule has 1 fully saturated rings. The van der Waals surface area contributed by atoms with Crippen molar-refractivity contribution in [3.05, 3.63) is 22.1 Å². The van der Waals surface area contributed by atoms with E-state index >= 15 is 0 Å². The van der Waals surface area contributed by atoms with E-state index in [-0.39, 0.29) is 11.5 Å². The number of fused-ring (bicyclic) bond motifs is 1. The molecule has 2 aromatic rings. The molecule has 8 heteroatoms. The molecule has 1 saturated heterocycles. The molecule has 3 rings (SSSR count). The van der Waals surface area contributed by atoms with Crippen molar-refractivity contribution in [2.75, 3.05) is 18.0 Å². The van der Waals surface area contributed by atoms with Crippen molar-refractivity contribution < 1.29 is 9.90 Å². The summed E-state index contributed by atoms with van der Waals surface area (Å²) in [5.74, 6) is -0.374. The summed E-state index contributed by atoms with van der Waals surface area (Å²) in [4.78, 5) is 33.3. The van der Waals surface area contributed by atoms with Crippen molar-refractivity contribution in [1.29, 1.82) is 0 Å². The molecule has 0 aliphatic carbocycles. The van der Waals surface area contributed by atoms with Crippen molar-refractivity contribution in [3.8, 4) is 0 Å². The van der Waals surface area contributed by atoms with Crippen LogP contribution in [0, 0.1) is 5.92 Å². The number of nitrogens with zero attached hydrogens (tertiary/aromatic N) is 4. The molecule has 1 aliphatic rings. The molecule has 1 aliphatic heterocycles. The monoisotopic (exact) mass is 277 g/mol. The van der Waals surface area contributed by atoms with Gasteiger partial charge in [0.15, 0.2) is 0 Å². The van der Waals surface area contributed by atoms with Gasteiger partial charge in [0.1, 0.15) is 0 Å². The lowest BCUT2D eigenvalue weighted by atomic mass is 10.1. The SMILES string of the molecule is CCc1cc(=O)n2[nH]c(N3CCC(C(=O)O)C3)nc2n1. The Labute approximate surface area is 114 Å². The van der Waals surface area contributed by atoms with E-state index in [1.807, 2.05) is 11.8 Å². The molecule has 2 N–H and O–H groups in total. The Balaban J connectivity index is 1.96. The minimum absolute atomic E-state index is 0.209. The summed E-state index contributed by atoms with van der Waals surface area (Å²) < 4.78 is 1.28. The normalized spacial score (nSPS) is 18.9. The van der Waals surface area contributed by atoms with E-state index in [1.165, 1.54) is 10.6 Å². The number of aromatic amines is 1. The Hall–Kier alpha value is -2.38. The van der Waals surface area contributed by atoms with Gasteiger partial charge in [-0.2, -0.15) is 9.50 Å². The Morgan fingerprint density at radius 1 is 1.55 bits per heavy atom. The van der Waals surface area contributed by atoms with Crippen LogP contribution in [0.15, 0.2) is 10.9 Å². The third kappa shape index (κ3) is 2.02. The number of aliphatic carboxylic acids is 1. The highest BCUT2D eigenvalue weighted by atomic mass is 16.4. The molecule has 106 valence electrons. The number of aryl methyl sites for hydroxylation is 1. The quantitative estimate of drug-likeness (QED) is 0.811. The van der Waals surface area contributed by atoms with Crippen LogP contribution in [0.5, 0.6) is 0 Å². The zero-order valence-electron chi connectivity index (χ0n) is 11.0. The van der Waals surface area contributed by atoms with E-state index in [1.54, 1.807) is 0 Å². The van der Waals surface area contributed by atoms with Crippen LogP contribution in [0.4, 0.5) is 5.95 Å². The lowest BCUT2D eigenvalue weighted by molar-refractivity contribution is -0.140. The summed E-state index contributed by atoms with van der Waals surface area (Å²) in [6.07, 6.45) is 1.24. The Bertz CT molecular complexity index is 719. The lowest BCUT2D eigenvalue weighted by Gasteiger charge is -2.12. The van der Waals surface area contributed by atoms with Crippen molar-refractivity contribution in [2.45, 2.75) is 19.8 Å². The van der Waals surface area contributed by atoms with Crippen LogP contribution in [0.2, 0.25) is 0 Å². The standard InChI is InChI=1S/C12H15N5O3/c1-2-8-5-9(18)17-11(13-8)14-12(15-17)16-4-3-7(6-16)10(19)20/h5,7H,2-4,6H2,1H3,(H,19,20)(H,13,14,15). The molecule has 20 heavy (non-hydrogen) atoms. The van der Waals surface area contributed by atoms with E-state index in [0.29, 0.717) is 43.4 Å². The summed E-state index contributed by atoms with van der Waals surface area (Å²) >= 11 is 0. The maximum absolute atomic E-state index is 11.9.